The number of carbonyl (C=O) groups is 1. The van der Waals surface area contributed by atoms with Crippen molar-refractivity contribution >= 4 is 11.6 Å². The second kappa shape index (κ2) is 7.49. The molecule has 11 heteroatoms. The first kappa shape index (κ1) is 21.6. The van der Waals surface area contributed by atoms with E-state index in [0.29, 0.717) is 0 Å². The molecule has 2 saturated heterocycles. The third kappa shape index (κ3) is 4.11. The summed E-state index contributed by atoms with van der Waals surface area (Å²) in [6.45, 7) is 0. The number of alkyl halides is 6. The van der Waals surface area contributed by atoms with Gasteiger partial charge in [0.15, 0.2) is 0 Å². The Bertz CT molecular complexity index is 976. The maximum atomic E-state index is 12.9. The van der Waals surface area contributed by atoms with E-state index in [1.807, 2.05) is 0 Å². The molecule has 0 spiro atoms. The quantitative estimate of drug-likeness (QED) is 0.700. The van der Waals surface area contributed by atoms with Gasteiger partial charge >= 0.3 is 12.4 Å². The second-order valence-electron chi connectivity index (χ2n) is 7.54. The minimum absolute atomic E-state index is 0.0764. The molecule has 0 aliphatic carbocycles. The predicted molar refractivity (Wildman–Crippen MR) is 94.8 cm³/mol. The molecular formula is C20H16F6N2O3. The van der Waals surface area contributed by atoms with E-state index in [-0.39, 0.29) is 17.7 Å². The van der Waals surface area contributed by atoms with Gasteiger partial charge in [-0.1, -0.05) is 12.1 Å². The van der Waals surface area contributed by atoms with Gasteiger partial charge in [-0.15, -0.1) is 0 Å². The lowest BCUT2D eigenvalue weighted by Gasteiger charge is -2.30. The summed E-state index contributed by atoms with van der Waals surface area (Å²) in [5.74, 6) is -2.36. The number of aliphatic hydroxyl groups is 1. The van der Waals surface area contributed by atoms with Gasteiger partial charge in [-0.05, 0) is 29.8 Å². The van der Waals surface area contributed by atoms with Crippen LogP contribution in [0.3, 0.4) is 0 Å². The zero-order chi connectivity index (χ0) is 22.6. The van der Waals surface area contributed by atoms with Crippen molar-refractivity contribution in [2.75, 3.05) is 5.32 Å². The summed E-state index contributed by atoms with van der Waals surface area (Å²) in [5.41, 5.74) is -1.85. The Labute approximate surface area is 172 Å². The zero-order valence-corrected chi connectivity index (χ0v) is 15.6. The van der Waals surface area contributed by atoms with Gasteiger partial charge in [0.05, 0.1) is 29.8 Å². The summed E-state index contributed by atoms with van der Waals surface area (Å²) in [7, 11) is 0. The molecule has 1 amide bonds. The molecule has 0 radical (unpaired) electrons. The molecule has 4 rings (SSSR count). The van der Waals surface area contributed by atoms with Crippen molar-refractivity contribution in [1.29, 1.82) is 0 Å². The number of aliphatic hydroxyl groups excluding tert-OH is 1. The van der Waals surface area contributed by atoms with Crippen LogP contribution in [0.5, 0.6) is 0 Å². The normalized spacial score (nSPS) is 28.0. The van der Waals surface area contributed by atoms with Gasteiger partial charge in [-0.2, -0.15) is 26.3 Å². The average Bonchev–Trinajstić information content (AvgIpc) is 3.24. The highest BCUT2D eigenvalue weighted by atomic mass is 19.4. The van der Waals surface area contributed by atoms with Crippen molar-refractivity contribution in [2.24, 2.45) is 5.92 Å². The van der Waals surface area contributed by atoms with E-state index in [1.165, 1.54) is 12.1 Å². The Kier molecular flexibility index (Phi) is 5.21. The number of anilines is 1. The van der Waals surface area contributed by atoms with Crippen LogP contribution in [-0.2, 0) is 21.9 Å². The summed E-state index contributed by atoms with van der Waals surface area (Å²) >= 11 is 0. The molecule has 166 valence electrons. The lowest BCUT2D eigenvalue weighted by atomic mass is 9.74. The Morgan fingerprint density at radius 1 is 1.10 bits per heavy atom. The van der Waals surface area contributed by atoms with Crippen LogP contribution in [0.1, 0.15) is 29.2 Å². The molecule has 2 aliphatic rings. The number of ether oxygens (including phenoxy) is 1. The molecule has 1 aromatic carbocycles. The molecule has 1 aromatic heterocycles. The lowest BCUT2D eigenvalue weighted by Crippen LogP contribution is -2.41. The van der Waals surface area contributed by atoms with Crippen LogP contribution in [-0.4, -0.2) is 34.3 Å². The van der Waals surface area contributed by atoms with Gasteiger partial charge in [0.25, 0.3) is 0 Å². The SMILES string of the molecule is O=C(Nc1cccc(C(F)(F)F)c1)[C@@H]1[C@@H](c2ccc(C(F)(F)F)nc2)[C@H]2O[C@@H]1C[C@@H]2O. The van der Waals surface area contributed by atoms with E-state index in [4.69, 9.17) is 4.74 Å². The number of rotatable bonds is 3. The molecular weight excluding hydrogens is 430 g/mol. The molecule has 5 atom stereocenters. The van der Waals surface area contributed by atoms with Crippen molar-refractivity contribution in [3.63, 3.8) is 0 Å². The molecule has 2 N–H and O–H groups in total. The summed E-state index contributed by atoms with van der Waals surface area (Å²) in [5, 5.41) is 12.6. The number of amides is 1. The van der Waals surface area contributed by atoms with Gasteiger partial charge in [-0.25, -0.2) is 0 Å². The molecule has 2 bridgehead atoms. The number of pyridine rings is 1. The largest absolute Gasteiger partial charge is 0.433 e. The van der Waals surface area contributed by atoms with Crippen LogP contribution in [0.2, 0.25) is 0 Å². The number of hydrogen-bond donors (Lipinski definition) is 2. The molecule has 2 fully saturated rings. The number of hydrogen-bond acceptors (Lipinski definition) is 4. The monoisotopic (exact) mass is 446 g/mol. The van der Waals surface area contributed by atoms with E-state index in [9.17, 15) is 36.2 Å². The Morgan fingerprint density at radius 2 is 1.84 bits per heavy atom. The van der Waals surface area contributed by atoms with Gasteiger partial charge in [0.1, 0.15) is 5.69 Å². The number of aromatic nitrogens is 1. The van der Waals surface area contributed by atoms with E-state index in [0.717, 1.165) is 30.5 Å². The number of nitrogens with one attached hydrogen (secondary N) is 1. The van der Waals surface area contributed by atoms with Crippen molar-refractivity contribution in [1.82, 2.24) is 4.98 Å². The number of halogens is 6. The first-order valence-corrected chi connectivity index (χ1v) is 9.30. The summed E-state index contributed by atoms with van der Waals surface area (Å²) < 4.78 is 82.8. The van der Waals surface area contributed by atoms with Gasteiger partial charge in [0.2, 0.25) is 5.91 Å². The lowest BCUT2D eigenvalue weighted by molar-refractivity contribution is -0.141. The standard InChI is InChI=1S/C20H16F6N2O3/c21-19(22,23)10-2-1-3-11(6-10)28-18(30)16-13-7-12(29)17(31-13)15(16)9-4-5-14(27-8-9)20(24,25)26/h1-6,8,12-13,15-17,29H,7H2,(H,28,30)/t12-,13+,15+,16-,17-/m0/s1. The summed E-state index contributed by atoms with van der Waals surface area (Å²) in [6.07, 6.45) is -10.6. The fourth-order valence-electron chi connectivity index (χ4n) is 4.21. The molecule has 0 unspecified atom stereocenters. The average molecular weight is 446 g/mol. The maximum Gasteiger partial charge on any atom is 0.433 e. The number of carbonyl (C=O) groups excluding carboxylic acids is 1. The molecule has 3 heterocycles. The molecule has 5 nitrogen and oxygen atoms in total. The smallest absolute Gasteiger partial charge is 0.390 e. The summed E-state index contributed by atoms with van der Waals surface area (Å²) in [6, 6.07) is 6.04. The number of benzene rings is 1. The minimum atomic E-state index is -4.64. The van der Waals surface area contributed by atoms with Crippen LogP contribution in [0, 0.1) is 5.92 Å². The first-order chi connectivity index (χ1) is 14.4. The van der Waals surface area contributed by atoms with E-state index < -0.39 is 59.7 Å². The fraction of sp³-hybridized carbons (Fsp3) is 0.400. The van der Waals surface area contributed by atoms with Crippen molar-refractivity contribution < 1.29 is 41.0 Å². The van der Waals surface area contributed by atoms with Crippen molar-refractivity contribution in [2.45, 2.75) is 43.0 Å². The molecule has 31 heavy (non-hydrogen) atoms. The zero-order valence-electron chi connectivity index (χ0n) is 15.6. The van der Waals surface area contributed by atoms with Crippen LogP contribution in [0.15, 0.2) is 42.6 Å². The Morgan fingerprint density at radius 3 is 2.45 bits per heavy atom. The predicted octanol–water partition coefficient (Wildman–Crippen LogP) is 3.99. The minimum Gasteiger partial charge on any atom is -0.390 e. The highest BCUT2D eigenvalue weighted by Gasteiger charge is 2.57. The van der Waals surface area contributed by atoms with Crippen LogP contribution >= 0.6 is 0 Å². The van der Waals surface area contributed by atoms with Crippen molar-refractivity contribution in [3.8, 4) is 0 Å². The topological polar surface area (TPSA) is 71.5 Å². The maximum absolute atomic E-state index is 12.9. The third-order valence-electron chi connectivity index (χ3n) is 5.55. The molecule has 2 aliphatic heterocycles. The first-order valence-electron chi connectivity index (χ1n) is 9.30. The molecule has 2 aromatic rings. The number of fused-ring (bicyclic) bond motifs is 2. The van der Waals surface area contributed by atoms with Gasteiger partial charge in [-0.3, -0.25) is 9.78 Å². The molecule has 0 saturated carbocycles. The van der Waals surface area contributed by atoms with Crippen LogP contribution in [0.4, 0.5) is 32.0 Å². The van der Waals surface area contributed by atoms with E-state index in [2.05, 4.69) is 10.3 Å². The van der Waals surface area contributed by atoms with Crippen LogP contribution < -0.4 is 5.32 Å². The van der Waals surface area contributed by atoms with Gasteiger partial charge in [0, 0.05) is 24.2 Å². The fourth-order valence-corrected chi connectivity index (χ4v) is 4.21. The highest BCUT2D eigenvalue weighted by Crippen LogP contribution is 2.49. The highest BCUT2D eigenvalue weighted by molar-refractivity contribution is 5.94. The summed E-state index contributed by atoms with van der Waals surface area (Å²) in [4.78, 5) is 16.3. The van der Waals surface area contributed by atoms with Gasteiger partial charge < -0.3 is 15.2 Å². The Balaban J connectivity index is 1.60. The number of nitrogens with zero attached hydrogens (tertiary/aromatic N) is 1. The van der Waals surface area contributed by atoms with E-state index >= 15 is 0 Å². The second-order valence-corrected chi connectivity index (χ2v) is 7.54. The third-order valence-corrected chi connectivity index (χ3v) is 5.55. The van der Waals surface area contributed by atoms with Crippen molar-refractivity contribution in [3.05, 3.63) is 59.4 Å². The Hall–Kier alpha value is -2.66. The van der Waals surface area contributed by atoms with Crippen LogP contribution in [0.25, 0.3) is 0 Å². The van der Waals surface area contributed by atoms with E-state index in [1.54, 1.807) is 0 Å².